The van der Waals surface area contributed by atoms with Crippen LogP contribution in [0.25, 0.3) is 0 Å². The van der Waals surface area contributed by atoms with E-state index in [-0.39, 0.29) is 42.7 Å². The Hall–Kier alpha value is -2.29. The van der Waals surface area contributed by atoms with Crippen LogP contribution in [0.3, 0.4) is 0 Å². The highest BCUT2D eigenvalue weighted by atomic mass is 19.4. The summed E-state index contributed by atoms with van der Waals surface area (Å²) in [6.07, 6.45) is -4.76. The molecule has 0 spiro atoms. The Kier molecular flexibility index (Phi) is 8.08. The molecule has 6 nitrogen and oxygen atoms in total. The number of quaternary nitrogens is 1. The van der Waals surface area contributed by atoms with Gasteiger partial charge in [-0.05, 0) is 52.0 Å². The van der Waals surface area contributed by atoms with Crippen LogP contribution in [0, 0.1) is 0 Å². The summed E-state index contributed by atoms with van der Waals surface area (Å²) in [5.74, 6) is -0.749. The second kappa shape index (κ2) is 9.59. The molecule has 0 aromatic heterocycles. The maximum Gasteiger partial charge on any atom is 0.573 e. The molecule has 0 aliphatic carbocycles. The summed E-state index contributed by atoms with van der Waals surface area (Å²) >= 11 is 0. The standard InChI is InChI=1S/C18H26F3N3O3/c1-12(2)24(13(3)4)17(26)11-23(5)10-16(25)22-14-6-8-15(9-7-14)27-18(19,20)21/h6-9,12-13H,10-11H2,1-5H3,(H,22,25)/p+1. The minimum absolute atomic E-state index is 0.0426. The van der Waals surface area contributed by atoms with Gasteiger partial charge in [-0.3, -0.25) is 9.59 Å². The average molecular weight is 390 g/mol. The molecule has 2 N–H and O–H groups in total. The van der Waals surface area contributed by atoms with E-state index in [4.69, 9.17) is 0 Å². The molecule has 27 heavy (non-hydrogen) atoms. The van der Waals surface area contributed by atoms with E-state index in [1.54, 1.807) is 11.9 Å². The van der Waals surface area contributed by atoms with Crippen LogP contribution in [0.4, 0.5) is 18.9 Å². The van der Waals surface area contributed by atoms with Gasteiger partial charge in [0.15, 0.2) is 13.1 Å². The summed E-state index contributed by atoms with van der Waals surface area (Å²) in [5, 5.41) is 2.59. The fraction of sp³-hybridized carbons (Fsp3) is 0.556. The van der Waals surface area contributed by atoms with Crippen molar-refractivity contribution in [2.45, 2.75) is 46.1 Å². The summed E-state index contributed by atoms with van der Waals surface area (Å²) in [4.78, 5) is 27.0. The summed E-state index contributed by atoms with van der Waals surface area (Å²) < 4.78 is 40.2. The molecular formula is C18H27F3N3O3+. The van der Waals surface area contributed by atoms with Gasteiger partial charge in [0.25, 0.3) is 11.8 Å². The third-order valence-corrected chi connectivity index (χ3v) is 3.69. The van der Waals surface area contributed by atoms with Gasteiger partial charge in [0.1, 0.15) is 5.75 Å². The number of benzene rings is 1. The smallest absolute Gasteiger partial charge is 0.406 e. The summed E-state index contributed by atoms with van der Waals surface area (Å²) in [6.45, 7) is 7.97. The number of likely N-dealkylation sites (N-methyl/N-ethyl adjacent to an activating group) is 1. The molecule has 0 heterocycles. The lowest BCUT2D eigenvalue weighted by Gasteiger charge is -2.31. The Balaban J connectivity index is 2.55. The van der Waals surface area contributed by atoms with Gasteiger partial charge in [0.2, 0.25) is 0 Å². The highest BCUT2D eigenvalue weighted by Crippen LogP contribution is 2.23. The van der Waals surface area contributed by atoms with E-state index in [0.717, 1.165) is 12.1 Å². The molecule has 1 atom stereocenters. The lowest BCUT2D eigenvalue weighted by atomic mass is 10.2. The molecule has 1 unspecified atom stereocenters. The van der Waals surface area contributed by atoms with Crippen LogP contribution < -0.4 is 15.0 Å². The van der Waals surface area contributed by atoms with E-state index >= 15 is 0 Å². The van der Waals surface area contributed by atoms with Gasteiger partial charge in [0.05, 0.1) is 7.05 Å². The van der Waals surface area contributed by atoms with Gasteiger partial charge in [-0.2, -0.15) is 0 Å². The minimum Gasteiger partial charge on any atom is -0.406 e. The Morgan fingerprint density at radius 2 is 1.59 bits per heavy atom. The molecular weight excluding hydrogens is 363 g/mol. The Morgan fingerprint density at radius 1 is 1.07 bits per heavy atom. The van der Waals surface area contributed by atoms with Crippen molar-refractivity contribution in [2.24, 2.45) is 0 Å². The lowest BCUT2D eigenvalue weighted by Crippen LogP contribution is -3.11. The quantitative estimate of drug-likeness (QED) is 0.710. The zero-order valence-corrected chi connectivity index (χ0v) is 16.2. The number of hydrogen-bond acceptors (Lipinski definition) is 3. The minimum atomic E-state index is -4.76. The van der Waals surface area contributed by atoms with Crippen LogP contribution in [0.2, 0.25) is 0 Å². The number of anilines is 1. The lowest BCUT2D eigenvalue weighted by molar-refractivity contribution is -0.862. The Morgan fingerprint density at radius 3 is 2.04 bits per heavy atom. The van der Waals surface area contributed by atoms with Crippen molar-refractivity contribution in [1.29, 1.82) is 0 Å². The maximum absolute atomic E-state index is 12.4. The normalized spacial score (nSPS) is 12.8. The fourth-order valence-electron chi connectivity index (χ4n) is 2.80. The zero-order valence-electron chi connectivity index (χ0n) is 16.2. The van der Waals surface area contributed by atoms with Crippen LogP contribution in [-0.2, 0) is 9.59 Å². The number of rotatable bonds is 8. The van der Waals surface area contributed by atoms with Gasteiger partial charge in [-0.25, -0.2) is 0 Å². The molecule has 0 aliphatic heterocycles. The van der Waals surface area contributed by atoms with Crippen molar-refractivity contribution in [3.8, 4) is 5.75 Å². The SMILES string of the molecule is CC(C)N(C(=O)C[NH+](C)CC(=O)Nc1ccc(OC(F)(F)F)cc1)C(C)C. The van der Waals surface area contributed by atoms with E-state index in [0.29, 0.717) is 10.6 Å². The molecule has 1 aromatic rings. The molecule has 0 saturated heterocycles. The van der Waals surface area contributed by atoms with Crippen LogP contribution in [-0.4, -0.2) is 55.3 Å². The monoisotopic (exact) mass is 390 g/mol. The molecule has 1 rings (SSSR count). The average Bonchev–Trinajstić information content (AvgIpc) is 2.46. The second-order valence-electron chi connectivity index (χ2n) is 6.92. The second-order valence-corrected chi connectivity index (χ2v) is 6.92. The predicted molar refractivity (Wildman–Crippen MR) is 95.5 cm³/mol. The first-order chi connectivity index (χ1) is 12.4. The van der Waals surface area contributed by atoms with Gasteiger partial charge >= 0.3 is 6.36 Å². The van der Waals surface area contributed by atoms with Crippen LogP contribution >= 0.6 is 0 Å². The van der Waals surface area contributed by atoms with Crippen molar-refractivity contribution in [2.75, 3.05) is 25.5 Å². The molecule has 0 radical (unpaired) electrons. The third kappa shape index (κ3) is 8.29. The summed E-state index contributed by atoms with van der Waals surface area (Å²) in [7, 11) is 1.73. The highest BCUT2D eigenvalue weighted by Gasteiger charge is 2.31. The number of alkyl halides is 3. The largest absolute Gasteiger partial charge is 0.573 e. The predicted octanol–water partition coefficient (Wildman–Crippen LogP) is 1.68. The van der Waals surface area contributed by atoms with E-state index in [2.05, 4.69) is 10.1 Å². The van der Waals surface area contributed by atoms with E-state index in [1.165, 1.54) is 12.1 Å². The van der Waals surface area contributed by atoms with Crippen LogP contribution in [0.1, 0.15) is 27.7 Å². The molecule has 0 aliphatic rings. The number of nitrogens with zero attached hydrogens (tertiary/aromatic N) is 1. The molecule has 9 heteroatoms. The zero-order chi connectivity index (χ0) is 20.8. The number of nitrogens with one attached hydrogen (secondary N) is 2. The van der Waals surface area contributed by atoms with Crippen molar-refractivity contribution < 1.29 is 32.4 Å². The van der Waals surface area contributed by atoms with Gasteiger partial charge in [-0.15, -0.1) is 13.2 Å². The number of carbonyl (C=O) groups is 2. The first-order valence-electron chi connectivity index (χ1n) is 8.67. The molecule has 2 amide bonds. The Labute approximate surface area is 157 Å². The molecule has 1 aromatic carbocycles. The van der Waals surface area contributed by atoms with Crippen molar-refractivity contribution >= 4 is 17.5 Å². The highest BCUT2D eigenvalue weighted by molar-refractivity contribution is 5.91. The van der Waals surface area contributed by atoms with E-state index < -0.39 is 6.36 Å². The number of halogens is 3. The van der Waals surface area contributed by atoms with Crippen molar-refractivity contribution in [3.05, 3.63) is 24.3 Å². The number of ether oxygens (including phenoxy) is 1. The number of hydrogen-bond donors (Lipinski definition) is 2. The van der Waals surface area contributed by atoms with Gasteiger partial charge in [0, 0.05) is 17.8 Å². The summed E-state index contributed by atoms with van der Waals surface area (Å²) in [5.41, 5.74) is 0.347. The van der Waals surface area contributed by atoms with Gasteiger partial charge < -0.3 is 19.9 Å². The number of carbonyl (C=O) groups excluding carboxylic acids is 2. The van der Waals surface area contributed by atoms with E-state index in [9.17, 15) is 22.8 Å². The maximum atomic E-state index is 12.4. The topological polar surface area (TPSA) is 63.1 Å². The van der Waals surface area contributed by atoms with E-state index in [1.807, 2.05) is 27.7 Å². The molecule has 0 bridgehead atoms. The first-order valence-corrected chi connectivity index (χ1v) is 8.67. The molecule has 152 valence electrons. The molecule has 0 fully saturated rings. The van der Waals surface area contributed by atoms with Crippen molar-refractivity contribution in [3.63, 3.8) is 0 Å². The Bertz CT molecular complexity index is 623. The third-order valence-electron chi connectivity index (χ3n) is 3.69. The fourth-order valence-corrected chi connectivity index (χ4v) is 2.80. The first kappa shape index (κ1) is 22.8. The molecule has 0 saturated carbocycles. The van der Waals surface area contributed by atoms with Crippen LogP contribution in [0.5, 0.6) is 5.75 Å². The number of amides is 2. The van der Waals surface area contributed by atoms with Crippen LogP contribution in [0.15, 0.2) is 24.3 Å². The van der Waals surface area contributed by atoms with Crippen molar-refractivity contribution in [1.82, 2.24) is 4.90 Å². The van der Waals surface area contributed by atoms with Gasteiger partial charge in [-0.1, -0.05) is 0 Å². The summed E-state index contributed by atoms with van der Waals surface area (Å²) in [6, 6.07) is 5.00.